The van der Waals surface area contributed by atoms with Gasteiger partial charge in [-0.25, -0.2) is 28.8 Å². The van der Waals surface area contributed by atoms with E-state index in [1.165, 1.54) is 24.3 Å². The van der Waals surface area contributed by atoms with Crippen molar-refractivity contribution in [3.8, 4) is 23.0 Å². The van der Waals surface area contributed by atoms with Crippen LogP contribution in [0.5, 0.6) is 23.0 Å². The van der Waals surface area contributed by atoms with Crippen molar-refractivity contribution in [3.05, 3.63) is 133 Å². The van der Waals surface area contributed by atoms with Crippen LogP contribution in [0.25, 0.3) is 21.5 Å². The lowest BCUT2D eigenvalue weighted by Crippen LogP contribution is -2.13. The Labute approximate surface area is 368 Å². The van der Waals surface area contributed by atoms with Crippen LogP contribution in [0.1, 0.15) is 82.9 Å². The molecule has 0 fully saturated rings. The van der Waals surface area contributed by atoms with Crippen molar-refractivity contribution >= 4 is 63.5 Å². The standard InChI is InChI=1S/C49H46O15/c1-4-42(50)41-31-40(61-46(53)36-15-13-34-29-38(19-17-32(34)27-36)62-48(55)59-25-11-7-9-23-57-44(51)5-2)21-22-43(41)64-47(54)37-16-14-35-30-39(20-18-33(35)28-37)63-49(56)60-26-12-8-10-24-58-45(52)6-3/h5-6,13-22,27-31H,2-4,7-12,23-26H2,1H3. The molecule has 0 radical (unpaired) electrons. The maximum absolute atomic E-state index is 13.3. The number of benzene rings is 5. The van der Waals surface area contributed by atoms with Crippen molar-refractivity contribution in [1.29, 1.82) is 0 Å². The molecule has 0 aliphatic heterocycles. The number of fused-ring (bicyclic) bond motifs is 2. The molecule has 5 aromatic rings. The van der Waals surface area contributed by atoms with Crippen molar-refractivity contribution in [2.45, 2.75) is 51.9 Å². The van der Waals surface area contributed by atoms with E-state index in [9.17, 15) is 33.6 Å². The molecule has 15 nitrogen and oxygen atoms in total. The number of esters is 4. The number of ether oxygens (including phenoxy) is 8. The Bertz CT molecular complexity index is 2540. The summed E-state index contributed by atoms with van der Waals surface area (Å²) in [6, 6.07) is 23.4. The van der Waals surface area contributed by atoms with Crippen LogP contribution in [0.4, 0.5) is 9.59 Å². The number of carbonyl (C=O) groups excluding carboxylic acids is 7. The molecule has 332 valence electrons. The Morgan fingerprint density at radius 2 is 0.859 bits per heavy atom. The van der Waals surface area contributed by atoms with Gasteiger partial charge in [-0.2, -0.15) is 0 Å². The average molecular weight is 875 g/mol. The second-order valence-corrected chi connectivity index (χ2v) is 13.9. The number of carbonyl (C=O) groups is 7. The molecule has 0 aromatic heterocycles. The van der Waals surface area contributed by atoms with E-state index in [-0.39, 0.29) is 78.3 Å². The van der Waals surface area contributed by atoms with Gasteiger partial charge in [0.1, 0.15) is 23.0 Å². The lowest BCUT2D eigenvalue weighted by Gasteiger charge is -2.12. The van der Waals surface area contributed by atoms with Crippen LogP contribution in [0.2, 0.25) is 0 Å². The molecule has 0 spiro atoms. The quantitative estimate of drug-likeness (QED) is 0.0121. The van der Waals surface area contributed by atoms with Gasteiger partial charge in [0.2, 0.25) is 0 Å². The minimum absolute atomic E-state index is 0.0218. The molecule has 0 N–H and O–H groups in total. The lowest BCUT2D eigenvalue weighted by atomic mass is 10.1. The molecule has 0 aliphatic carbocycles. The van der Waals surface area contributed by atoms with Gasteiger partial charge in [-0.15, -0.1) is 0 Å². The predicted octanol–water partition coefficient (Wildman–Crippen LogP) is 9.85. The molecule has 5 aromatic carbocycles. The molecule has 0 unspecified atom stereocenters. The maximum Gasteiger partial charge on any atom is 0.513 e. The van der Waals surface area contributed by atoms with Gasteiger partial charge < -0.3 is 37.9 Å². The highest BCUT2D eigenvalue weighted by Crippen LogP contribution is 2.29. The van der Waals surface area contributed by atoms with Crippen LogP contribution >= 0.6 is 0 Å². The summed E-state index contributed by atoms with van der Waals surface area (Å²) in [5, 5.41) is 2.64. The molecule has 0 atom stereocenters. The molecular formula is C49H46O15. The largest absolute Gasteiger partial charge is 0.513 e. The SMILES string of the molecule is C=CC(=O)OCCCCCOC(=O)Oc1ccc2cc(C(=O)Oc3ccc(OC(=O)c4ccc5cc(OC(=O)OCCCCCOC(=O)C=C)ccc5c4)c(C(=O)CC)c3)ccc2c1. The minimum Gasteiger partial charge on any atom is -0.463 e. The molecule has 0 bridgehead atoms. The van der Waals surface area contributed by atoms with Gasteiger partial charge in [-0.3, -0.25) is 4.79 Å². The Morgan fingerprint density at radius 1 is 0.453 bits per heavy atom. The van der Waals surface area contributed by atoms with Crippen LogP contribution in [0.3, 0.4) is 0 Å². The fraction of sp³-hybridized carbons (Fsp3) is 0.245. The van der Waals surface area contributed by atoms with E-state index < -0.39 is 36.2 Å². The van der Waals surface area contributed by atoms with E-state index in [1.807, 2.05) is 0 Å². The Kier molecular flexibility index (Phi) is 17.7. The molecular weight excluding hydrogens is 829 g/mol. The highest BCUT2D eigenvalue weighted by Gasteiger charge is 2.20. The molecule has 0 saturated heterocycles. The smallest absolute Gasteiger partial charge is 0.463 e. The van der Waals surface area contributed by atoms with E-state index in [0.717, 1.165) is 12.2 Å². The highest BCUT2D eigenvalue weighted by atomic mass is 16.7. The summed E-state index contributed by atoms with van der Waals surface area (Å²) < 4.78 is 41.9. The third-order valence-corrected chi connectivity index (χ3v) is 9.32. The van der Waals surface area contributed by atoms with Gasteiger partial charge in [-0.05, 0) is 127 Å². The molecule has 0 heterocycles. The summed E-state index contributed by atoms with van der Waals surface area (Å²) in [6.45, 7) is 9.08. The zero-order valence-electron chi connectivity index (χ0n) is 35.1. The first-order chi connectivity index (χ1) is 31.0. The highest BCUT2D eigenvalue weighted by molar-refractivity contribution is 6.02. The Morgan fingerprint density at radius 3 is 1.33 bits per heavy atom. The van der Waals surface area contributed by atoms with E-state index in [4.69, 9.17) is 37.9 Å². The second kappa shape index (κ2) is 24.0. The second-order valence-electron chi connectivity index (χ2n) is 13.9. The normalized spacial score (nSPS) is 10.6. The summed E-state index contributed by atoms with van der Waals surface area (Å²) in [5.41, 5.74) is 0.442. The van der Waals surface area contributed by atoms with E-state index >= 15 is 0 Å². The Balaban J connectivity index is 1.13. The molecule has 64 heavy (non-hydrogen) atoms. The summed E-state index contributed by atoms with van der Waals surface area (Å²) >= 11 is 0. The molecule has 15 heteroatoms. The predicted molar refractivity (Wildman–Crippen MR) is 233 cm³/mol. The van der Waals surface area contributed by atoms with E-state index in [0.29, 0.717) is 60.1 Å². The van der Waals surface area contributed by atoms with Gasteiger partial charge in [0.25, 0.3) is 0 Å². The molecule has 0 amide bonds. The van der Waals surface area contributed by atoms with Crippen molar-refractivity contribution in [2.24, 2.45) is 0 Å². The fourth-order valence-electron chi connectivity index (χ4n) is 6.01. The van der Waals surface area contributed by atoms with E-state index in [2.05, 4.69) is 13.2 Å². The van der Waals surface area contributed by atoms with Gasteiger partial charge in [-0.1, -0.05) is 44.3 Å². The van der Waals surface area contributed by atoms with E-state index in [1.54, 1.807) is 73.7 Å². The van der Waals surface area contributed by atoms with Crippen LogP contribution < -0.4 is 18.9 Å². The minimum atomic E-state index is -0.874. The van der Waals surface area contributed by atoms with Crippen molar-refractivity contribution in [3.63, 3.8) is 0 Å². The number of Topliss-reactive ketones (excluding diaryl/α,β-unsaturated/α-hetero) is 1. The monoisotopic (exact) mass is 874 g/mol. The zero-order valence-corrected chi connectivity index (χ0v) is 35.1. The number of unbranched alkanes of at least 4 members (excludes halogenated alkanes) is 4. The molecule has 0 aliphatic rings. The lowest BCUT2D eigenvalue weighted by molar-refractivity contribution is -0.138. The summed E-state index contributed by atoms with van der Waals surface area (Å²) in [6.07, 6.45) is 4.23. The van der Waals surface area contributed by atoms with Crippen LogP contribution in [-0.2, 0) is 28.5 Å². The topological polar surface area (TPSA) is 193 Å². The number of hydrogen-bond donors (Lipinski definition) is 0. The first kappa shape index (κ1) is 47.2. The summed E-state index contributed by atoms with van der Waals surface area (Å²) in [7, 11) is 0. The number of rotatable bonds is 22. The van der Waals surface area contributed by atoms with Crippen LogP contribution in [0.15, 0.2) is 116 Å². The zero-order chi connectivity index (χ0) is 45.8. The van der Waals surface area contributed by atoms with Gasteiger partial charge in [0, 0.05) is 18.6 Å². The van der Waals surface area contributed by atoms with Gasteiger partial charge in [0.05, 0.1) is 43.1 Å². The van der Waals surface area contributed by atoms with Crippen LogP contribution in [-0.4, -0.2) is 68.4 Å². The summed E-state index contributed by atoms with van der Waals surface area (Å²) in [4.78, 5) is 86.1. The average Bonchev–Trinajstić information content (AvgIpc) is 3.30. The Hall–Kier alpha value is -7.81. The number of hydrogen-bond acceptors (Lipinski definition) is 15. The molecule has 5 rings (SSSR count). The summed E-state index contributed by atoms with van der Waals surface area (Å²) in [5.74, 6) is -2.26. The molecule has 0 saturated carbocycles. The van der Waals surface area contributed by atoms with Crippen molar-refractivity contribution < 1.29 is 71.5 Å². The third-order valence-electron chi connectivity index (χ3n) is 9.32. The van der Waals surface area contributed by atoms with Gasteiger partial charge in [0.15, 0.2) is 5.78 Å². The fourth-order valence-corrected chi connectivity index (χ4v) is 6.01. The first-order valence-corrected chi connectivity index (χ1v) is 20.4. The third kappa shape index (κ3) is 14.4. The van der Waals surface area contributed by atoms with Crippen LogP contribution in [0, 0.1) is 0 Å². The van der Waals surface area contributed by atoms with Crippen molar-refractivity contribution in [1.82, 2.24) is 0 Å². The number of ketones is 1. The van der Waals surface area contributed by atoms with Gasteiger partial charge >= 0.3 is 36.2 Å². The maximum atomic E-state index is 13.3. The first-order valence-electron chi connectivity index (χ1n) is 20.4. The van der Waals surface area contributed by atoms with Crippen molar-refractivity contribution in [2.75, 3.05) is 26.4 Å².